The predicted molar refractivity (Wildman–Crippen MR) is 81.5 cm³/mol. The lowest BCUT2D eigenvalue weighted by molar-refractivity contribution is 0.107. The van der Waals surface area contributed by atoms with Gasteiger partial charge in [0, 0.05) is 25.7 Å². The summed E-state index contributed by atoms with van der Waals surface area (Å²) in [6.07, 6.45) is 1.17. The Balaban J connectivity index is 2.58. The van der Waals surface area contributed by atoms with E-state index in [0.717, 1.165) is 32.8 Å². The van der Waals surface area contributed by atoms with Gasteiger partial charge in [-0.2, -0.15) is 0 Å². The summed E-state index contributed by atoms with van der Waals surface area (Å²) in [4.78, 5) is 2.37. The summed E-state index contributed by atoms with van der Waals surface area (Å²) in [6.45, 7) is 8.84. The first-order valence-corrected chi connectivity index (χ1v) is 7.33. The zero-order chi connectivity index (χ0) is 13.9. The molecule has 108 valence electrons. The van der Waals surface area contributed by atoms with E-state index in [2.05, 4.69) is 54.5 Å². The summed E-state index contributed by atoms with van der Waals surface area (Å²) >= 11 is 0. The number of likely N-dealkylation sites (N-methyl/N-ethyl adjacent to an activating group) is 1. The highest BCUT2D eigenvalue weighted by molar-refractivity contribution is 5.19. The number of hydrogen-bond donors (Lipinski definition) is 1. The number of nitrogens with one attached hydrogen (secondary N) is 1. The Kier molecular flexibility index (Phi) is 8.47. The normalized spacial score (nSPS) is 12.8. The second-order valence-corrected chi connectivity index (χ2v) is 4.81. The van der Waals surface area contributed by atoms with Crippen molar-refractivity contribution >= 4 is 0 Å². The molecule has 0 spiro atoms. The van der Waals surface area contributed by atoms with E-state index in [0.29, 0.717) is 6.04 Å². The van der Waals surface area contributed by atoms with Crippen molar-refractivity contribution in [1.29, 1.82) is 0 Å². The molecule has 1 N–H and O–H groups in total. The maximum Gasteiger partial charge on any atom is 0.0593 e. The molecule has 1 aromatic rings. The maximum absolute atomic E-state index is 5.45. The predicted octanol–water partition coefficient (Wildman–Crippen LogP) is 2.70. The number of hydrogen-bond acceptors (Lipinski definition) is 3. The highest BCUT2D eigenvalue weighted by Gasteiger charge is 2.15. The standard InChI is InChI=1S/C16H28N2O/c1-4-11-17-14-16(15-9-7-6-8-10-15)18(3)12-13-19-5-2/h6-10,16-17H,4-5,11-14H2,1-3H3. The zero-order valence-corrected chi connectivity index (χ0v) is 12.6. The third-order valence-electron chi connectivity index (χ3n) is 3.27. The van der Waals surface area contributed by atoms with E-state index < -0.39 is 0 Å². The molecule has 0 heterocycles. The van der Waals surface area contributed by atoms with Gasteiger partial charge in [0.1, 0.15) is 0 Å². The molecule has 3 heteroatoms. The molecular weight excluding hydrogens is 236 g/mol. The van der Waals surface area contributed by atoms with Gasteiger partial charge >= 0.3 is 0 Å². The van der Waals surface area contributed by atoms with Crippen molar-refractivity contribution in [2.75, 3.05) is 39.9 Å². The molecule has 0 aliphatic heterocycles. The van der Waals surface area contributed by atoms with Gasteiger partial charge in [0.05, 0.1) is 6.61 Å². The van der Waals surface area contributed by atoms with Gasteiger partial charge in [0.15, 0.2) is 0 Å². The molecule has 0 aliphatic rings. The first kappa shape index (κ1) is 16.2. The molecule has 0 aliphatic carbocycles. The van der Waals surface area contributed by atoms with Crippen LogP contribution in [-0.4, -0.2) is 44.8 Å². The van der Waals surface area contributed by atoms with E-state index in [4.69, 9.17) is 4.74 Å². The lowest BCUT2D eigenvalue weighted by Gasteiger charge is -2.28. The van der Waals surface area contributed by atoms with E-state index in [1.54, 1.807) is 0 Å². The van der Waals surface area contributed by atoms with Crippen LogP contribution in [0.2, 0.25) is 0 Å². The molecule has 1 aromatic carbocycles. The first-order valence-electron chi connectivity index (χ1n) is 7.33. The Bertz CT molecular complexity index is 316. The number of nitrogens with zero attached hydrogens (tertiary/aromatic N) is 1. The minimum absolute atomic E-state index is 0.410. The number of rotatable bonds is 10. The molecule has 0 saturated heterocycles. The van der Waals surface area contributed by atoms with E-state index >= 15 is 0 Å². The molecular formula is C16H28N2O. The number of benzene rings is 1. The lowest BCUT2D eigenvalue weighted by Crippen LogP contribution is -2.35. The average Bonchev–Trinajstić information content (AvgIpc) is 2.45. The molecule has 0 fully saturated rings. The SMILES string of the molecule is CCCNCC(c1ccccc1)N(C)CCOCC. The summed E-state index contributed by atoms with van der Waals surface area (Å²) in [5.41, 5.74) is 1.37. The fourth-order valence-electron chi connectivity index (χ4n) is 2.13. The summed E-state index contributed by atoms with van der Waals surface area (Å²) in [5, 5.41) is 3.52. The van der Waals surface area contributed by atoms with Crippen LogP contribution in [0, 0.1) is 0 Å². The van der Waals surface area contributed by atoms with Crippen molar-refractivity contribution < 1.29 is 4.74 Å². The minimum atomic E-state index is 0.410. The van der Waals surface area contributed by atoms with Crippen LogP contribution in [-0.2, 0) is 4.74 Å². The summed E-state index contributed by atoms with van der Waals surface area (Å²) in [5.74, 6) is 0. The van der Waals surface area contributed by atoms with Crippen LogP contribution in [0.15, 0.2) is 30.3 Å². The minimum Gasteiger partial charge on any atom is -0.380 e. The summed E-state index contributed by atoms with van der Waals surface area (Å²) in [6, 6.07) is 11.1. The van der Waals surface area contributed by atoms with Crippen LogP contribution in [0.5, 0.6) is 0 Å². The molecule has 0 saturated carbocycles. The Morgan fingerprint density at radius 3 is 2.58 bits per heavy atom. The van der Waals surface area contributed by atoms with Crippen molar-refractivity contribution in [1.82, 2.24) is 10.2 Å². The molecule has 0 amide bonds. The van der Waals surface area contributed by atoms with Crippen LogP contribution in [0.25, 0.3) is 0 Å². The molecule has 3 nitrogen and oxygen atoms in total. The first-order chi connectivity index (χ1) is 9.29. The van der Waals surface area contributed by atoms with Crippen LogP contribution in [0.4, 0.5) is 0 Å². The Morgan fingerprint density at radius 1 is 1.21 bits per heavy atom. The second-order valence-electron chi connectivity index (χ2n) is 4.81. The van der Waals surface area contributed by atoms with E-state index in [-0.39, 0.29) is 0 Å². The van der Waals surface area contributed by atoms with Crippen LogP contribution in [0.1, 0.15) is 31.9 Å². The van der Waals surface area contributed by atoms with Crippen molar-refractivity contribution in [3.05, 3.63) is 35.9 Å². The Morgan fingerprint density at radius 2 is 1.95 bits per heavy atom. The van der Waals surface area contributed by atoms with Gasteiger partial charge < -0.3 is 10.1 Å². The van der Waals surface area contributed by atoms with Gasteiger partial charge in [-0.25, -0.2) is 0 Å². The topological polar surface area (TPSA) is 24.5 Å². The van der Waals surface area contributed by atoms with Gasteiger partial charge in [0.25, 0.3) is 0 Å². The van der Waals surface area contributed by atoms with Crippen LogP contribution in [0.3, 0.4) is 0 Å². The summed E-state index contributed by atoms with van der Waals surface area (Å²) in [7, 11) is 2.17. The van der Waals surface area contributed by atoms with Crippen LogP contribution < -0.4 is 5.32 Å². The highest BCUT2D eigenvalue weighted by Crippen LogP contribution is 2.18. The van der Waals surface area contributed by atoms with Gasteiger partial charge in [-0.05, 0) is 32.5 Å². The van der Waals surface area contributed by atoms with Gasteiger partial charge in [-0.1, -0.05) is 37.3 Å². The van der Waals surface area contributed by atoms with E-state index in [1.807, 2.05) is 6.92 Å². The largest absolute Gasteiger partial charge is 0.380 e. The van der Waals surface area contributed by atoms with Crippen molar-refractivity contribution in [3.63, 3.8) is 0 Å². The molecule has 1 atom stereocenters. The van der Waals surface area contributed by atoms with Crippen LogP contribution >= 0.6 is 0 Å². The third-order valence-corrected chi connectivity index (χ3v) is 3.27. The zero-order valence-electron chi connectivity index (χ0n) is 12.6. The molecule has 0 radical (unpaired) electrons. The Hall–Kier alpha value is -0.900. The fourth-order valence-corrected chi connectivity index (χ4v) is 2.13. The molecule has 19 heavy (non-hydrogen) atoms. The number of ether oxygens (including phenoxy) is 1. The van der Waals surface area contributed by atoms with E-state index in [9.17, 15) is 0 Å². The van der Waals surface area contributed by atoms with Crippen molar-refractivity contribution in [2.45, 2.75) is 26.3 Å². The second kappa shape index (κ2) is 9.96. The van der Waals surface area contributed by atoms with Gasteiger partial charge in [-0.3, -0.25) is 4.90 Å². The van der Waals surface area contributed by atoms with Gasteiger partial charge in [0.2, 0.25) is 0 Å². The molecule has 1 rings (SSSR count). The molecule has 0 aromatic heterocycles. The van der Waals surface area contributed by atoms with Crippen molar-refractivity contribution in [2.24, 2.45) is 0 Å². The molecule has 1 unspecified atom stereocenters. The monoisotopic (exact) mass is 264 g/mol. The smallest absolute Gasteiger partial charge is 0.0593 e. The highest BCUT2D eigenvalue weighted by atomic mass is 16.5. The maximum atomic E-state index is 5.45. The summed E-state index contributed by atoms with van der Waals surface area (Å²) < 4.78 is 5.45. The van der Waals surface area contributed by atoms with Crippen molar-refractivity contribution in [3.8, 4) is 0 Å². The fraction of sp³-hybridized carbons (Fsp3) is 0.625. The third kappa shape index (κ3) is 6.19. The lowest BCUT2D eigenvalue weighted by atomic mass is 10.1. The molecule has 0 bridgehead atoms. The Labute approximate surface area is 118 Å². The average molecular weight is 264 g/mol. The van der Waals surface area contributed by atoms with E-state index in [1.165, 1.54) is 12.0 Å². The quantitative estimate of drug-likeness (QED) is 0.658. The van der Waals surface area contributed by atoms with Gasteiger partial charge in [-0.15, -0.1) is 0 Å².